The molecule has 1 amide bonds. The van der Waals surface area contributed by atoms with Crippen molar-refractivity contribution in [1.82, 2.24) is 5.32 Å². The standard InChI is InChI=1S/C13H12BrN3O4S/c1-2-21-12(20)10-11(19)16-13(22-10)17-15-6-7-5-8(14)3-4-9(7)18/h3-6,10,18H,2H2,1H3,(H,16,17,19)/b15-6+. The largest absolute Gasteiger partial charge is 0.507 e. The molecular weight excluding hydrogens is 374 g/mol. The van der Waals surface area contributed by atoms with Gasteiger partial charge in [-0.15, -0.1) is 5.10 Å². The van der Waals surface area contributed by atoms with Crippen LogP contribution in [-0.4, -0.2) is 40.2 Å². The van der Waals surface area contributed by atoms with Crippen LogP contribution in [0.4, 0.5) is 0 Å². The fourth-order valence-corrected chi connectivity index (χ4v) is 2.75. The van der Waals surface area contributed by atoms with Crippen molar-refractivity contribution in [3.05, 3.63) is 28.2 Å². The third kappa shape index (κ3) is 4.08. The summed E-state index contributed by atoms with van der Waals surface area (Å²) in [5.74, 6) is -1.04. The van der Waals surface area contributed by atoms with E-state index in [1.807, 2.05) is 0 Å². The van der Waals surface area contributed by atoms with E-state index in [9.17, 15) is 14.7 Å². The molecule has 1 fully saturated rings. The molecule has 0 saturated carbocycles. The Balaban J connectivity index is 2.05. The zero-order chi connectivity index (χ0) is 16.1. The van der Waals surface area contributed by atoms with Crippen LogP contribution in [0.1, 0.15) is 12.5 Å². The first-order chi connectivity index (χ1) is 10.5. The zero-order valence-corrected chi connectivity index (χ0v) is 13.8. The van der Waals surface area contributed by atoms with Gasteiger partial charge in [0, 0.05) is 10.0 Å². The summed E-state index contributed by atoms with van der Waals surface area (Å²) in [4.78, 5) is 23.2. The van der Waals surface area contributed by atoms with E-state index in [2.05, 4.69) is 31.4 Å². The molecule has 2 N–H and O–H groups in total. The smallest absolute Gasteiger partial charge is 0.329 e. The lowest BCUT2D eigenvalue weighted by Gasteiger charge is -2.03. The molecule has 1 unspecified atom stereocenters. The molecule has 1 aliphatic heterocycles. The zero-order valence-electron chi connectivity index (χ0n) is 11.4. The van der Waals surface area contributed by atoms with Crippen molar-refractivity contribution in [3.63, 3.8) is 0 Å². The molecule has 22 heavy (non-hydrogen) atoms. The minimum absolute atomic E-state index is 0.0552. The van der Waals surface area contributed by atoms with Gasteiger partial charge in [0.1, 0.15) is 5.75 Å². The molecular formula is C13H12BrN3O4S. The number of phenols is 1. The Morgan fingerprint density at radius 1 is 1.59 bits per heavy atom. The SMILES string of the molecule is CCOC(=O)C1S/C(=N/N=C/c2cc(Br)ccc2O)NC1=O. The van der Waals surface area contributed by atoms with Gasteiger partial charge in [0.05, 0.1) is 12.8 Å². The van der Waals surface area contributed by atoms with Gasteiger partial charge in [0.25, 0.3) is 5.91 Å². The molecule has 116 valence electrons. The molecule has 0 radical (unpaired) electrons. The van der Waals surface area contributed by atoms with Crippen molar-refractivity contribution in [2.45, 2.75) is 12.2 Å². The predicted molar refractivity (Wildman–Crippen MR) is 87.0 cm³/mol. The first-order valence-corrected chi connectivity index (χ1v) is 7.92. The number of carbonyl (C=O) groups excluding carboxylic acids is 2. The molecule has 1 aromatic carbocycles. The average Bonchev–Trinajstić information content (AvgIpc) is 2.84. The molecule has 0 aromatic heterocycles. The number of hydrogen-bond acceptors (Lipinski definition) is 7. The second-order valence-electron chi connectivity index (χ2n) is 4.09. The quantitative estimate of drug-likeness (QED) is 0.355. The first-order valence-electron chi connectivity index (χ1n) is 6.25. The van der Waals surface area contributed by atoms with Gasteiger partial charge in [0.2, 0.25) is 0 Å². The number of amides is 1. The van der Waals surface area contributed by atoms with Crippen LogP contribution in [0.15, 0.2) is 32.9 Å². The van der Waals surface area contributed by atoms with Crippen LogP contribution in [0.3, 0.4) is 0 Å². The van der Waals surface area contributed by atoms with Crippen LogP contribution >= 0.6 is 27.7 Å². The monoisotopic (exact) mass is 385 g/mol. The van der Waals surface area contributed by atoms with Crippen LogP contribution in [0.25, 0.3) is 0 Å². The summed E-state index contributed by atoms with van der Waals surface area (Å²) in [6.45, 7) is 1.87. The summed E-state index contributed by atoms with van der Waals surface area (Å²) >= 11 is 4.22. The Morgan fingerprint density at radius 3 is 3.09 bits per heavy atom. The molecule has 0 aliphatic carbocycles. The van der Waals surface area contributed by atoms with Gasteiger partial charge in [0.15, 0.2) is 10.4 Å². The molecule has 1 saturated heterocycles. The van der Waals surface area contributed by atoms with E-state index in [0.29, 0.717) is 5.56 Å². The molecule has 1 atom stereocenters. The second kappa shape index (κ2) is 7.41. The van der Waals surface area contributed by atoms with Crippen molar-refractivity contribution in [1.29, 1.82) is 0 Å². The molecule has 0 spiro atoms. The van der Waals surface area contributed by atoms with E-state index < -0.39 is 17.1 Å². The van der Waals surface area contributed by atoms with Crippen LogP contribution in [-0.2, 0) is 14.3 Å². The fourth-order valence-electron chi connectivity index (χ4n) is 1.56. The van der Waals surface area contributed by atoms with Crippen molar-refractivity contribution < 1.29 is 19.4 Å². The van der Waals surface area contributed by atoms with Gasteiger partial charge < -0.3 is 15.2 Å². The lowest BCUT2D eigenvalue weighted by molar-refractivity contribution is -0.144. The number of benzene rings is 1. The number of phenolic OH excluding ortho intramolecular Hbond substituents is 1. The number of thioether (sulfide) groups is 1. The Labute approximate surface area is 139 Å². The molecule has 7 nitrogen and oxygen atoms in total. The Morgan fingerprint density at radius 2 is 2.36 bits per heavy atom. The van der Waals surface area contributed by atoms with E-state index in [0.717, 1.165) is 16.2 Å². The van der Waals surface area contributed by atoms with Crippen LogP contribution in [0.5, 0.6) is 5.75 Å². The van der Waals surface area contributed by atoms with Gasteiger partial charge in [-0.1, -0.05) is 27.7 Å². The maximum atomic E-state index is 11.6. The number of amidine groups is 1. The van der Waals surface area contributed by atoms with E-state index in [-0.39, 0.29) is 17.5 Å². The Bertz CT molecular complexity index is 663. The summed E-state index contributed by atoms with van der Waals surface area (Å²) in [7, 11) is 0. The van der Waals surface area contributed by atoms with Crippen LogP contribution < -0.4 is 5.32 Å². The molecule has 9 heteroatoms. The van der Waals surface area contributed by atoms with Crippen LogP contribution in [0, 0.1) is 0 Å². The van der Waals surface area contributed by atoms with Gasteiger partial charge in [-0.25, -0.2) is 0 Å². The number of halogens is 1. The minimum Gasteiger partial charge on any atom is -0.507 e. The van der Waals surface area contributed by atoms with E-state index in [1.54, 1.807) is 19.1 Å². The van der Waals surface area contributed by atoms with E-state index >= 15 is 0 Å². The average molecular weight is 386 g/mol. The van der Waals surface area contributed by atoms with Gasteiger partial charge >= 0.3 is 5.97 Å². The molecule has 0 bridgehead atoms. The van der Waals surface area contributed by atoms with E-state index in [4.69, 9.17) is 4.74 Å². The second-order valence-corrected chi connectivity index (χ2v) is 6.10. The summed E-state index contributed by atoms with van der Waals surface area (Å²) in [5, 5.41) is 18.9. The third-order valence-electron chi connectivity index (χ3n) is 2.53. The number of nitrogens with zero attached hydrogens (tertiary/aromatic N) is 2. The molecule has 1 aromatic rings. The first kappa shape index (κ1) is 16.5. The van der Waals surface area contributed by atoms with Gasteiger partial charge in [-0.05, 0) is 25.1 Å². The van der Waals surface area contributed by atoms with Crippen molar-refractivity contribution in [2.75, 3.05) is 6.61 Å². The molecule has 1 aliphatic rings. The molecule has 2 rings (SSSR count). The highest BCUT2D eigenvalue weighted by Crippen LogP contribution is 2.22. The highest BCUT2D eigenvalue weighted by molar-refractivity contribution is 9.10. The summed E-state index contributed by atoms with van der Waals surface area (Å²) in [6, 6.07) is 4.87. The van der Waals surface area contributed by atoms with Crippen molar-refractivity contribution >= 4 is 51.0 Å². The number of rotatable bonds is 4. The Kier molecular flexibility index (Phi) is 5.56. The number of esters is 1. The Hall–Kier alpha value is -1.87. The topological polar surface area (TPSA) is 100 Å². The molecule has 1 heterocycles. The van der Waals surface area contributed by atoms with Crippen LogP contribution in [0.2, 0.25) is 0 Å². The van der Waals surface area contributed by atoms with Gasteiger partial charge in [-0.3, -0.25) is 9.59 Å². The maximum absolute atomic E-state index is 11.6. The lowest BCUT2D eigenvalue weighted by atomic mass is 10.2. The summed E-state index contributed by atoms with van der Waals surface area (Å²) < 4.78 is 5.58. The number of hydrogen-bond donors (Lipinski definition) is 2. The number of aromatic hydroxyl groups is 1. The maximum Gasteiger partial charge on any atom is 0.329 e. The summed E-state index contributed by atoms with van der Waals surface area (Å²) in [5.41, 5.74) is 0.468. The number of ether oxygens (including phenoxy) is 1. The lowest BCUT2D eigenvalue weighted by Crippen LogP contribution is -2.31. The van der Waals surface area contributed by atoms with Crippen molar-refractivity contribution in [3.8, 4) is 5.75 Å². The van der Waals surface area contributed by atoms with Crippen molar-refractivity contribution in [2.24, 2.45) is 10.2 Å². The van der Waals surface area contributed by atoms with E-state index in [1.165, 1.54) is 12.3 Å². The number of nitrogens with one attached hydrogen (secondary N) is 1. The van der Waals surface area contributed by atoms with Gasteiger partial charge in [-0.2, -0.15) is 5.10 Å². The summed E-state index contributed by atoms with van der Waals surface area (Å²) in [6.07, 6.45) is 1.34. The normalized spacial score (nSPS) is 19.6. The fraction of sp³-hybridized carbons (Fsp3) is 0.231. The third-order valence-corrected chi connectivity index (χ3v) is 4.08. The minimum atomic E-state index is -0.965. The highest BCUT2D eigenvalue weighted by atomic mass is 79.9. The highest BCUT2D eigenvalue weighted by Gasteiger charge is 2.37. The number of carbonyl (C=O) groups is 2. The predicted octanol–water partition coefficient (Wildman–Crippen LogP) is 1.64.